The van der Waals surface area contributed by atoms with Gasteiger partial charge in [0.25, 0.3) is 0 Å². The monoisotopic (exact) mass is 437 g/mol. The van der Waals surface area contributed by atoms with Gasteiger partial charge in [0, 0.05) is 38.2 Å². The second-order valence-electron chi connectivity index (χ2n) is 7.55. The molecule has 1 aliphatic heterocycles. The van der Waals surface area contributed by atoms with Crippen LogP contribution >= 0.6 is 0 Å². The van der Waals surface area contributed by atoms with Gasteiger partial charge in [0.1, 0.15) is 0 Å². The first-order valence-electron chi connectivity index (χ1n) is 10.4. The molecule has 1 aromatic carbocycles. The van der Waals surface area contributed by atoms with E-state index in [4.69, 9.17) is 0 Å². The average Bonchev–Trinajstić information content (AvgIpc) is 2.73. The maximum Gasteiger partial charge on any atom is 0.240 e. The fourth-order valence-electron chi connectivity index (χ4n) is 3.35. The number of amides is 2. The molecule has 1 heterocycles. The van der Waals surface area contributed by atoms with Gasteiger partial charge in [0.15, 0.2) is 5.78 Å². The molecule has 2 N–H and O–H groups in total. The molecule has 0 saturated carbocycles. The standard InChI is InChI=1S/C21H31N3O5S/c1-3-4-12-22-21(27)18-6-5-14-24(15-18)20(26)11-13-23-30(28,29)19-9-7-17(8-10-19)16(2)25/h7-10,18,23H,3-6,11-15H2,1-2H3,(H,22,27). The largest absolute Gasteiger partial charge is 0.356 e. The summed E-state index contributed by atoms with van der Waals surface area (Å²) in [5.41, 5.74) is 0.433. The Balaban J connectivity index is 1.83. The summed E-state index contributed by atoms with van der Waals surface area (Å²) >= 11 is 0. The maximum atomic E-state index is 12.5. The van der Waals surface area contributed by atoms with E-state index in [9.17, 15) is 22.8 Å². The highest BCUT2D eigenvalue weighted by Gasteiger charge is 2.28. The Kier molecular flexibility index (Phi) is 8.98. The Labute approximate surface area is 178 Å². The maximum absolute atomic E-state index is 12.5. The third-order valence-electron chi connectivity index (χ3n) is 5.18. The minimum atomic E-state index is -3.76. The molecule has 8 nitrogen and oxygen atoms in total. The van der Waals surface area contributed by atoms with Gasteiger partial charge in [-0.15, -0.1) is 0 Å². The van der Waals surface area contributed by atoms with Gasteiger partial charge in [-0.25, -0.2) is 13.1 Å². The quantitative estimate of drug-likeness (QED) is 0.427. The summed E-state index contributed by atoms with van der Waals surface area (Å²) < 4.78 is 27.2. The summed E-state index contributed by atoms with van der Waals surface area (Å²) in [6.07, 6.45) is 3.47. The van der Waals surface area contributed by atoms with Gasteiger partial charge in [-0.2, -0.15) is 0 Å². The number of ketones is 1. The number of likely N-dealkylation sites (tertiary alicyclic amines) is 1. The SMILES string of the molecule is CCCCNC(=O)C1CCCN(C(=O)CCNS(=O)(=O)c2ccc(C(C)=O)cc2)C1. The summed E-state index contributed by atoms with van der Waals surface area (Å²) in [5, 5.41) is 2.92. The van der Waals surface area contributed by atoms with Crippen LogP contribution in [0.4, 0.5) is 0 Å². The minimum absolute atomic E-state index is 0.0179. The molecule has 0 bridgehead atoms. The van der Waals surface area contributed by atoms with Crippen LogP contribution in [0.3, 0.4) is 0 Å². The number of nitrogens with zero attached hydrogens (tertiary/aromatic N) is 1. The number of rotatable bonds is 10. The molecule has 1 aromatic rings. The molecule has 1 aliphatic rings. The fraction of sp³-hybridized carbons (Fsp3) is 0.571. The van der Waals surface area contributed by atoms with Crippen LogP contribution in [-0.4, -0.2) is 57.1 Å². The molecule has 166 valence electrons. The third-order valence-corrected chi connectivity index (χ3v) is 6.65. The number of Topliss-reactive ketones (excluding diaryl/α,β-unsaturated/α-hetero) is 1. The summed E-state index contributed by atoms with van der Waals surface area (Å²) in [6.45, 7) is 5.04. The minimum Gasteiger partial charge on any atom is -0.356 e. The Morgan fingerprint density at radius 3 is 2.47 bits per heavy atom. The Bertz CT molecular complexity index is 852. The molecule has 0 aromatic heterocycles. The number of hydrogen-bond acceptors (Lipinski definition) is 5. The highest BCUT2D eigenvalue weighted by molar-refractivity contribution is 7.89. The number of nitrogens with one attached hydrogen (secondary N) is 2. The summed E-state index contributed by atoms with van der Waals surface area (Å²) in [4.78, 5) is 37.7. The van der Waals surface area contributed by atoms with Gasteiger partial charge in [-0.1, -0.05) is 25.5 Å². The Morgan fingerprint density at radius 2 is 1.83 bits per heavy atom. The van der Waals surface area contributed by atoms with E-state index in [1.54, 1.807) is 4.90 Å². The number of hydrogen-bond donors (Lipinski definition) is 2. The summed E-state index contributed by atoms with van der Waals surface area (Å²) in [5.74, 6) is -0.543. The second kappa shape index (κ2) is 11.2. The zero-order valence-corrected chi connectivity index (χ0v) is 18.5. The van der Waals surface area contributed by atoms with E-state index in [1.165, 1.54) is 31.2 Å². The van der Waals surface area contributed by atoms with Crippen molar-refractivity contribution in [2.45, 2.75) is 50.8 Å². The van der Waals surface area contributed by atoms with E-state index in [-0.39, 0.29) is 41.4 Å². The highest BCUT2D eigenvalue weighted by atomic mass is 32.2. The van der Waals surface area contributed by atoms with E-state index >= 15 is 0 Å². The molecular weight excluding hydrogens is 406 g/mol. The van der Waals surface area contributed by atoms with Crippen molar-refractivity contribution in [2.24, 2.45) is 5.92 Å². The molecule has 9 heteroatoms. The Morgan fingerprint density at radius 1 is 1.13 bits per heavy atom. The van der Waals surface area contributed by atoms with E-state index in [2.05, 4.69) is 17.0 Å². The van der Waals surface area contributed by atoms with Crippen LogP contribution in [0.25, 0.3) is 0 Å². The molecule has 1 unspecified atom stereocenters. The number of piperidine rings is 1. The second-order valence-corrected chi connectivity index (χ2v) is 9.32. The zero-order chi connectivity index (χ0) is 22.1. The van der Waals surface area contributed by atoms with Gasteiger partial charge >= 0.3 is 0 Å². The number of benzene rings is 1. The number of unbranched alkanes of at least 4 members (excludes halogenated alkanes) is 1. The van der Waals surface area contributed by atoms with Crippen molar-refractivity contribution in [3.63, 3.8) is 0 Å². The first-order valence-corrected chi connectivity index (χ1v) is 11.9. The lowest BCUT2D eigenvalue weighted by Gasteiger charge is -2.32. The molecule has 0 aliphatic carbocycles. The van der Waals surface area contributed by atoms with Crippen LogP contribution in [-0.2, 0) is 19.6 Å². The van der Waals surface area contributed by atoms with Crippen molar-refractivity contribution in [3.05, 3.63) is 29.8 Å². The number of carbonyl (C=O) groups excluding carboxylic acids is 3. The first kappa shape index (κ1) is 24.0. The van der Waals surface area contributed by atoms with Crippen LogP contribution in [0.2, 0.25) is 0 Å². The van der Waals surface area contributed by atoms with Gasteiger partial charge in [-0.05, 0) is 38.3 Å². The Hall–Kier alpha value is -2.26. The summed E-state index contributed by atoms with van der Waals surface area (Å²) in [6, 6.07) is 5.66. The van der Waals surface area contributed by atoms with Crippen LogP contribution in [0.5, 0.6) is 0 Å². The van der Waals surface area contributed by atoms with Gasteiger partial charge in [0.05, 0.1) is 10.8 Å². The topological polar surface area (TPSA) is 113 Å². The van der Waals surface area contributed by atoms with Crippen molar-refractivity contribution < 1.29 is 22.8 Å². The predicted molar refractivity (Wildman–Crippen MR) is 113 cm³/mol. The summed E-state index contributed by atoms with van der Waals surface area (Å²) in [7, 11) is -3.76. The molecular formula is C21H31N3O5S. The van der Waals surface area contributed by atoms with Crippen molar-refractivity contribution >= 4 is 27.6 Å². The number of sulfonamides is 1. The van der Waals surface area contributed by atoms with E-state index in [0.717, 1.165) is 25.7 Å². The molecule has 1 atom stereocenters. The van der Waals surface area contributed by atoms with Crippen LogP contribution in [0, 0.1) is 5.92 Å². The molecule has 30 heavy (non-hydrogen) atoms. The smallest absolute Gasteiger partial charge is 0.240 e. The molecule has 1 fully saturated rings. The molecule has 1 saturated heterocycles. The fourth-order valence-corrected chi connectivity index (χ4v) is 4.38. The van der Waals surface area contributed by atoms with Crippen molar-refractivity contribution in [1.29, 1.82) is 0 Å². The molecule has 2 rings (SSSR count). The van der Waals surface area contributed by atoms with Crippen molar-refractivity contribution in [1.82, 2.24) is 14.9 Å². The lowest BCUT2D eigenvalue weighted by atomic mass is 9.97. The highest BCUT2D eigenvalue weighted by Crippen LogP contribution is 2.17. The predicted octanol–water partition coefficient (Wildman–Crippen LogP) is 1.71. The lowest BCUT2D eigenvalue weighted by Crippen LogP contribution is -2.46. The van der Waals surface area contributed by atoms with Crippen molar-refractivity contribution in [2.75, 3.05) is 26.2 Å². The molecule has 0 radical (unpaired) electrons. The first-order chi connectivity index (χ1) is 14.2. The number of carbonyl (C=O) groups is 3. The zero-order valence-electron chi connectivity index (χ0n) is 17.6. The van der Waals surface area contributed by atoms with Crippen LogP contribution < -0.4 is 10.0 Å². The van der Waals surface area contributed by atoms with Gasteiger partial charge in [-0.3, -0.25) is 14.4 Å². The lowest BCUT2D eigenvalue weighted by molar-refractivity contribution is -0.135. The van der Waals surface area contributed by atoms with E-state index in [1.807, 2.05) is 0 Å². The average molecular weight is 438 g/mol. The van der Waals surface area contributed by atoms with E-state index in [0.29, 0.717) is 25.2 Å². The van der Waals surface area contributed by atoms with Crippen LogP contribution in [0.15, 0.2) is 29.2 Å². The third kappa shape index (κ3) is 6.91. The van der Waals surface area contributed by atoms with E-state index < -0.39 is 10.0 Å². The molecule has 2 amide bonds. The van der Waals surface area contributed by atoms with Crippen LogP contribution in [0.1, 0.15) is 56.3 Å². The van der Waals surface area contributed by atoms with Crippen molar-refractivity contribution in [3.8, 4) is 0 Å². The normalized spacial score (nSPS) is 16.9. The van der Waals surface area contributed by atoms with Gasteiger partial charge < -0.3 is 10.2 Å². The van der Waals surface area contributed by atoms with Gasteiger partial charge in [0.2, 0.25) is 21.8 Å². The molecule has 0 spiro atoms.